The maximum Gasteiger partial charge on any atom is 0.141 e. The van der Waals surface area contributed by atoms with Crippen LogP contribution in [-0.2, 0) is 11.3 Å². The first-order valence-corrected chi connectivity index (χ1v) is 10.9. The summed E-state index contributed by atoms with van der Waals surface area (Å²) in [6.07, 6.45) is 5.57. The highest BCUT2D eigenvalue weighted by Gasteiger charge is 2.35. The van der Waals surface area contributed by atoms with Crippen LogP contribution in [0, 0.1) is 0 Å². The van der Waals surface area contributed by atoms with Crippen molar-refractivity contribution in [1.82, 2.24) is 14.9 Å². The zero-order valence-electron chi connectivity index (χ0n) is 17.2. The van der Waals surface area contributed by atoms with Crippen LogP contribution in [0.15, 0.2) is 48.0 Å². The van der Waals surface area contributed by atoms with Crippen molar-refractivity contribution in [2.24, 2.45) is 0 Å². The number of piperidine rings is 1. The molecule has 0 amide bonds. The van der Waals surface area contributed by atoms with Crippen LogP contribution in [0.25, 0.3) is 10.7 Å². The molecule has 2 aromatic heterocycles. The highest BCUT2D eigenvalue weighted by Crippen LogP contribution is 2.43. The van der Waals surface area contributed by atoms with Gasteiger partial charge in [-0.05, 0) is 43.5 Å². The van der Waals surface area contributed by atoms with Crippen LogP contribution >= 0.6 is 11.3 Å². The number of hydrogen-bond acceptors (Lipinski definition) is 7. The third-order valence-corrected chi connectivity index (χ3v) is 6.36. The van der Waals surface area contributed by atoms with Gasteiger partial charge in [0.25, 0.3) is 0 Å². The molecule has 0 N–H and O–H groups in total. The minimum absolute atomic E-state index is 0.00497. The van der Waals surface area contributed by atoms with E-state index in [1.165, 1.54) is 0 Å². The summed E-state index contributed by atoms with van der Waals surface area (Å²) < 4.78 is 11.3. The lowest BCUT2D eigenvalue weighted by Gasteiger charge is -2.40. The van der Waals surface area contributed by atoms with Crippen LogP contribution in [0.3, 0.4) is 0 Å². The van der Waals surface area contributed by atoms with E-state index in [1.807, 2.05) is 41.8 Å². The molecule has 1 aliphatic rings. The number of methoxy groups -OCH3 is 2. The molecule has 0 saturated carbocycles. The molecule has 0 spiro atoms. The first-order chi connectivity index (χ1) is 14.7. The molecule has 7 heteroatoms. The number of hydrogen-bond donors (Lipinski definition) is 0. The van der Waals surface area contributed by atoms with Gasteiger partial charge in [0.1, 0.15) is 22.8 Å². The fourth-order valence-electron chi connectivity index (χ4n) is 4.20. The zero-order valence-corrected chi connectivity index (χ0v) is 18.0. The normalized spacial score (nSPS) is 19.4. The van der Waals surface area contributed by atoms with E-state index >= 15 is 0 Å². The number of aromatic nitrogens is 2. The molecule has 1 aromatic carbocycles. The summed E-state index contributed by atoms with van der Waals surface area (Å²) in [5, 5.41) is 2.84. The van der Waals surface area contributed by atoms with E-state index in [4.69, 9.17) is 14.5 Å². The molecule has 2 atom stereocenters. The Hall–Kier alpha value is -2.77. The molecule has 0 bridgehead atoms. The van der Waals surface area contributed by atoms with Gasteiger partial charge in [-0.3, -0.25) is 4.90 Å². The summed E-state index contributed by atoms with van der Waals surface area (Å²) >= 11 is 1.57. The van der Waals surface area contributed by atoms with Gasteiger partial charge < -0.3 is 14.3 Å². The van der Waals surface area contributed by atoms with Gasteiger partial charge in [-0.1, -0.05) is 12.1 Å². The van der Waals surface area contributed by atoms with Gasteiger partial charge in [0.05, 0.1) is 37.2 Å². The number of rotatable bonds is 7. The van der Waals surface area contributed by atoms with Gasteiger partial charge in [0, 0.05) is 24.2 Å². The van der Waals surface area contributed by atoms with Crippen molar-refractivity contribution >= 4 is 17.6 Å². The lowest BCUT2D eigenvalue weighted by molar-refractivity contribution is -0.115. The highest BCUT2D eigenvalue weighted by molar-refractivity contribution is 7.13. The monoisotopic (exact) mass is 423 g/mol. The molecule has 1 aliphatic heterocycles. The van der Waals surface area contributed by atoms with E-state index in [1.54, 1.807) is 31.8 Å². The molecule has 2 unspecified atom stereocenters. The summed E-state index contributed by atoms with van der Waals surface area (Å²) in [5.41, 5.74) is 2.76. The Morgan fingerprint density at radius 2 is 1.90 bits per heavy atom. The quantitative estimate of drug-likeness (QED) is 0.521. The Kier molecular flexibility index (Phi) is 6.40. The molecule has 30 heavy (non-hydrogen) atoms. The van der Waals surface area contributed by atoms with Gasteiger partial charge in [-0.2, -0.15) is 0 Å². The zero-order chi connectivity index (χ0) is 20.9. The molecule has 4 rings (SSSR count). The maximum absolute atomic E-state index is 12.0. The summed E-state index contributed by atoms with van der Waals surface area (Å²) in [6, 6.07) is 11.6. The molecule has 3 aromatic rings. The lowest BCUT2D eigenvalue weighted by Crippen LogP contribution is -2.42. The smallest absolute Gasteiger partial charge is 0.141 e. The number of thiazole rings is 1. The van der Waals surface area contributed by atoms with Crippen LogP contribution < -0.4 is 9.47 Å². The molecule has 156 valence electrons. The molecular formula is C23H25N3O3S. The number of pyridine rings is 1. The van der Waals surface area contributed by atoms with E-state index in [0.29, 0.717) is 6.54 Å². The minimum atomic E-state index is -0.177. The summed E-state index contributed by atoms with van der Waals surface area (Å²) in [6.45, 7) is 0.564. The fraction of sp³-hybridized carbons (Fsp3) is 0.348. The number of ether oxygens (including phenoxy) is 2. The van der Waals surface area contributed by atoms with Crippen LogP contribution in [0.2, 0.25) is 0 Å². The van der Waals surface area contributed by atoms with E-state index in [-0.39, 0.29) is 12.1 Å². The van der Waals surface area contributed by atoms with Gasteiger partial charge >= 0.3 is 0 Å². The number of carbonyl (C=O) groups is 1. The summed E-state index contributed by atoms with van der Waals surface area (Å²) in [4.78, 5) is 23.4. The fourth-order valence-corrected chi connectivity index (χ4v) is 4.81. The van der Waals surface area contributed by atoms with E-state index in [0.717, 1.165) is 59.0 Å². The Bertz CT molecular complexity index is 971. The number of nitrogens with zero attached hydrogens (tertiary/aromatic N) is 3. The standard InChI is InChI=1S/C23H25N3O3S/c1-28-20-10-5-11-21(29-2)22(20)19-9-4-7-17(15-27)26(19)14-16-6-3-8-18(25-16)23-24-12-13-30-23/h3,5-6,8,10-13,15,17,19H,4,7,9,14H2,1-2H3. The molecule has 1 saturated heterocycles. The second kappa shape index (κ2) is 9.36. The van der Waals surface area contributed by atoms with Crippen molar-refractivity contribution < 1.29 is 14.3 Å². The van der Waals surface area contributed by atoms with Crippen LogP contribution in [0.1, 0.15) is 36.6 Å². The largest absolute Gasteiger partial charge is 0.496 e. The first kappa shape index (κ1) is 20.5. The topological polar surface area (TPSA) is 64.6 Å². The van der Waals surface area contributed by atoms with Gasteiger partial charge in [0.2, 0.25) is 0 Å². The Morgan fingerprint density at radius 3 is 2.57 bits per heavy atom. The van der Waals surface area contributed by atoms with Crippen molar-refractivity contribution in [1.29, 1.82) is 0 Å². The Balaban J connectivity index is 1.71. The molecule has 0 radical (unpaired) electrons. The number of aldehydes is 1. The molecule has 6 nitrogen and oxygen atoms in total. The van der Waals surface area contributed by atoms with E-state index in [2.05, 4.69) is 9.88 Å². The average molecular weight is 424 g/mol. The lowest BCUT2D eigenvalue weighted by atomic mass is 9.90. The van der Waals surface area contributed by atoms with Crippen molar-refractivity contribution in [3.8, 4) is 22.2 Å². The van der Waals surface area contributed by atoms with Crippen LogP contribution in [-0.4, -0.2) is 41.4 Å². The van der Waals surface area contributed by atoms with E-state index < -0.39 is 0 Å². The highest BCUT2D eigenvalue weighted by atomic mass is 32.1. The SMILES string of the molecule is COc1cccc(OC)c1C1CCCC(C=O)N1Cc1cccc(-c2nccs2)n1. The second-order valence-electron chi connectivity index (χ2n) is 7.25. The maximum atomic E-state index is 12.0. The number of carbonyl (C=O) groups excluding carboxylic acids is 1. The van der Waals surface area contributed by atoms with Crippen molar-refractivity contribution in [3.63, 3.8) is 0 Å². The van der Waals surface area contributed by atoms with Crippen molar-refractivity contribution in [2.75, 3.05) is 14.2 Å². The van der Waals surface area contributed by atoms with E-state index in [9.17, 15) is 4.79 Å². The molecule has 0 aliphatic carbocycles. The minimum Gasteiger partial charge on any atom is -0.496 e. The van der Waals surface area contributed by atoms with Crippen LogP contribution in [0.4, 0.5) is 0 Å². The Morgan fingerprint density at radius 1 is 1.13 bits per heavy atom. The van der Waals surface area contributed by atoms with Crippen molar-refractivity contribution in [2.45, 2.75) is 37.9 Å². The number of likely N-dealkylation sites (tertiary alicyclic amines) is 1. The summed E-state index contributed by atoms with van der Waals surface area (Å²) in [5.74, 6) is 1.56. The van der Waals surface area contributed by atoms with Gasteiger partial charge in [0.15, 0.2) is 0 Å². The van der Waals surface area contributed by atoms with Gasteiger partial charge in [-0.15, -0.1) is 11.3 Å². The molecule has 1 fully saturated rings. The second-order valence-corrected chi connectivity index (χ2v) is 8.14. The molecular weight excluding hydrogens is 398 g/mol. The number of benzene rings is 1. The Labute approximate surface area is 180 Å². The van der Waals surface area contributed by atoms with Gasteiger partial charge in [-0.25, -0.2) is 9.97 Å². The van der Waals surface area contributed by atoms with Crippen LogP contribution in [0.5, 0.6) is 11.5 Å². The molecule has 3 heterocycles. The first-order valence-electron chi connectivity index (χ1n) is 10.0. The third kappa shape index (κ3) is 4.08. The predicted octanol–water partition coefficient (Wildman–Crippen LogP) is 4.52. The van der Waals surface area contributed by atoms with Crippen molar-refractivity contribution in [3.05, 3.63) is 59.2 Å². The summed E-state index contributed by atoms with van der Waals surface area (Å²) in [7, 11) is 3.34. The average Bonchev–Trinajstić information content (AvgIpc) is 3.34. The third-order valence-electron chi connectivity index (χ3n) is 5.56. The predicted molar refractivity (Wildman–Crippen MR) is 117 cm³/mol.